The molecule has 4 aromatic rings. The molecule has 34 heteroatoms. The maximum atomic E-state index is 12.8. The molecule has 3 aliphatic rings. The summed E-state index contributed by atoms with van der Waals surface area (Å²) in [4.78, 5) is 40.3. The third kappa shape index (κ3) is 18.3. The summed E-state index contributed by atoms with van der Waals surface area (Å²) in [5, 5.41) is 0.457. The van der Waals surface area contributed by atoms with Gasteiger partial charge in [0, 0.05) is 71.7 Å². The van der Waals surface area contributed by atoms with Gasteiger partial charge in [-0.1, -0.05) is 57.2 Å². The number of hydrogen-bond donors (Lipinski definition) is 5. The number of methoxy groups -OCH3 is 1. The summed E-state index contributed by atoms with van der Waals surface area (Å²) < 4.78 is 215. The number of nitrogens with zero attached hydrogens (tertiary/aromatic N) is 3. The lowest BCUT2D eigenvalue weighted by molar-refractivity contribution is -0.198. The lowest BCUT2D eigenvalue weighted by Crippen LogP contribution is -2.43. The van der Waals surface area contributed by atoms with Crippen LogP contribution in [-0.2, 0) is 114 Å². The average molecular weight is 1380 g/mol. The van der Waals surface area contributed by atoms with Crippen LogP contribution in [0.2, 0.25) is 0 Å². The topological polar surface area (TPSA) is 407 Å². The summed E-state index contributed by atoms with van der Waals surface area (Å²) in [6.45, 7) is 8.38. The van der Waals surface area contributed by atoms with E-state index in [2.05, 4.69) is 0 Å². The van der Waals surface area contributed by atoms with Gasteiger partial charge in [0.2, 0.25) is 0 Å². The van der Waals surface area contributed by atoms with Gasteiger partial charge >= 0.3 is 5.97 Å². The van der Waals surface area contributed by atoms with E-state index in [-0.39, 0.29) is 153 Å². The van der Waals surface area contributed by atoms with E-state index in [9.17, 15) is 79.2 Å². The molecule has 91 heavy (non-hydrogen) atoms. The summed E-state index contributed by atoms with van der Waals surface area (Å²) in [5.74, 6) is -2.56. The van der Waals surface area contributed by atoms with Crippen LogP contribution in [0.25, 0.3) is 21.5 Å². The van der Waals surface area contributed by atoms with Crippen LogP contribution >= 0.6 is 0 Å². The van der Waals surface area contributed by atoms with Crippen LogP contribution in [-0.4, -0.2) is 206 Å². The summed E-state index contributed by atoms with van der Waals surface area (Å²) in [5.41, 5.74) is 0.0482. The number of anilines is 2. The van der Waals surface area contributed by atoms with Crippen molar-refractivity contribution in [3.63, 3.8) is 0 Å². The second kappa shape index (κ2) is 30.5. The van der Waals surface area contributed by atoms with Crippen molar-refractivity contribution < 1.29 is 117 Å². The molecule has 0 aromatic heterocycles. The number of carbonyl (C=O) groups excluding carboxylic acids is 3. The lowest BCUT2D eigenvalue weighted by Gasteiger charge is -2.35. The second-order valence-electron chi connectivity index (χ2n) is 21.9. The average Bonchev–Trinajstić information content (AvgIpc) is 1.61. The van der Waals surface area contributed by atoms with Gasteiger partial charge in [-0.2, -0.15) is 42.1 Å². The van der Waals surface area contributed by atoms with Crippen molar-refractivity contribution in [3.05, 3.63) is 95.7 Å². The molecule has 4 aromatic carbocycles. The van der Waals surface area contributed by atoms with Crippen molar-refractivity contribution in [2.45, 2.75) is 89.3 Å². The van der Waals surface area contributed by atoms with Gasteiger partial charge < -0.3 is 47.8 Å². The number of benzene rings is 4. The zero-order valence-electron chi connectivity index (χ0n) is 50.1. The molecule has 0 bridgehead atoms. The minimum Gasteiger partial charge on any atom is -0.383 e. The Morgan fingerprint density at radius 2 is 1.03 bits per heavy atom. The SMILES string of the molecule is COCCN1c2ccc3c(S(=O)(=O)O)cc(S(=O)(=O)O)cc3c2C(C)(CCCS(=O)(=O)O)C1/C=C/C=C/C=C1/N(CCOCCOCCOCCOCCOCCOCCC(=O)ON2C(=O)CCC2=O)c2ccc3c(S(=O)(=O)O)cc(S(=O)(=O)O)cc3c2C1(C)C. The monoisotopic (exact) mass is 1380 g/mol. The first-order valence-electron chi connectivity index (χ1n) is 28.4. The Morgan fingerprint density at radius 3 is 1.51 bits per heavy atom. The van der Waals surface area contributed by atoms with E-state index >= 15 is 0 Å². The zero-order chi connectivity index (χ0) is 66.7. The Balaban J connectivity index is 1.02. The summed E-state index contributed by atoms with van der Waals surface area (Å²) >= 11 is 0. The van der Waals surface area contributed by atoms with Gasteiger partial charge in [0.25, 0.3) is 62.4 Å². The highest BCUT2D eigenvalue weighted by molar-refractivity contribution is 7.87. The lowest BCUT2D eigenvalue weighted by atomic mass is 9.73. The number of hydroxylamine groups is 2. The van der Waals surface area contributed by atoms with Gasteiger partial charge in [-0.3, -0.25) is 32.4 Å². The first-order valence-corrected chi connectivity index (χ1v) is 35.8. The minimum atomic E-state index is -5.11. The molecule has 2 atom stereocenters. The molecule has 1 saturated heterocycles. The molecular formula is C57H73N3O26S5. The maximum absolute atomic E-state index is 12.8. The number of allylic oxidation sites excluding steroid dienone is 5. The van der Waals surface area contributed by atoms with E-state index < -0.39 is 111 Å². The molecule has 3 aliphatic heterocycles. The molecule has 7 rings (SSSR count). The molecule has 0 spiro atoms. The smallest absolute Gasteiger partial charge is 0.335 e. The quantitative estimate of drug-likeness (QED) is 0.0179. The van der Waals surface area contributed by atoms with Crippen LogP contribution in [0.3, 0.4) is 0 Å². The van der Waals surface area contributed by atoms with Gasteiger partial charge in [-0.15, -0.1) is 5.06 Å². The number of fused-ring (bicyclic) bond motifs is 6. The van der Waals surface area contributed by atoms with Crippen molar-refractivity contribution in [3.8, 4) is 0 Å². The summed E-state index contributed by atoms with van der Waals surface area (Å²) in [6, 6.07) is 8.72. The molecule has 2 unspecified atom stereocenters. The third-order valence-corrected chi connectivity index (χ3v) is 19.6. The predicted octanol–water partition coefficient (Wildman–Crippen LogP) is 4.63. The standard InChI is InChI=1S/C57H73N3O26S5/c1-56(2)49(9-6-5-7-10-50-57(3,18-8-34-87(64,65)66)55-44-36-40(89(70,71)72)38-48(91(76,77)78)42(44)12-14-46(55)59(50)19-22-79-4)58(45-13-11-41-43(54(45)56)35-39(88(67,68)69)37-47(41)90(73,74)75)20-23-81-25-27-83-29-31-85-33-32-84-30-28-82-26-24-80-21-17-53(63)86-60-51(61)15-16-52(60)62/h5-7,9-14,35-38,50H,8,15-34H2,1-4H3,(H,64,65,66)(H,67,68,69)(H,70,71,72)(H,73,74,75)(H,76,77,78)/b6-5+,10-7+,49-9+. The number of amides is 2. The van der Waals surface area contributed by atoms with Crippen LogP contribution in [0.4, 0.5) is 11.4 Å². The van der Waals surface area contributed by atoms with E-state index in [4.69, 9.17) is 38.0 Å². The van der Waals surface area contributed by atoms with Crippen LogP contribution in [0.5, 0.6) is 0 Å². The van der Waals surface area contributed by atoms with E-state index in [0.717, 1.165) is 12.1 Å². The van der Waals surface area contributed by atoms with E-state index in [1.807, 2.05) is 9.80 Å². The molecule has 2 amide bonds. The van der Waals surface area contributed by atoms with Crippen LogP contribution < -0.4 is 9.80 Å². The van der Waals surface area contributed by atoms with Crippen molar-refractivity contribution in [2.24, 2.45) is 0 Å². The van der Waals surface area contributed by atoms with E-state index in [1.165, 1.54) is 19.2 Å². The molecule has 0 saturated carbocycles. The van der Waals surface area contributed by atoms with Crippen molar-refractivity contribution >= 4 is 101 Å². The van der Waals surface area contributed by atoms with Crippen molar-refractivity contribution in [1.82, 2.24) is 5.06 Å². The zero-order valence-corrected chi connectivity index (χ0v) is 54.2. The Labute approximate surface area is 527 Å². The Kier molecular flexibility index (Phi) is 24.3. The number of carbonyl (C=O) groups is 3. The van der Waals surface area contributed by atoms with E-state index in [0.29, 0.717) is 45.4 Å². The highest BCUT2D eigenvalue weighted by atomic mass is 32.2. The summed E-state index contributed by atoms with van der Waals surface area (Å²) in [6.07, 6.45) is 8.28. The Morgan fingerprint density at radius 1 is 0.560 bits per heavy atom. The predicted molar refractivity (Wildman–Crippen MR) is 327 cm³/mol. The van der Waals surface area contributed by atoms with Crippen molar-refractivity contribution in [1.29, 1.82) is 0 Å². The fourth-order valence-corrected chi connectivity index (χ4v) is 14.5. The number of rotatable bonds is 36. The fraction of sp³-hybridized carbons (Fsp3) is 0.491. The normalized spacial score (nSPS) is 18.5. The Bertz CT molecular complexity index is 4030. The largest absolute Gasteiger partial charge is 0.383 e. The van der Waals surface area contributed by atoms with Crippen LogP contribution in [0, 0.1) is 0 Å². The molecule has 0 aliphatic carbocycles. The molecule has 502 valence electrons. The maximum Gasteiger partial charge on any atom is 0.335 e. The van der Waals surface area contributed by atoms with Gasteiger partial charge in [0.05, 0.1) is 114 Å². The van der Waals surface area contributed by atoms with Gasteiger partial charge in [-0.05, 0) is 77.2 Å². The molecule has 5 N–H and O–H groups in total. The van der Waals surface area contributed by atoms with Crippen LogP contribution in [0.1, 0.15) is 64.0 Å². The highest BCUT2D eigenvalue weighted by Crippen LogP contribution is 2.54. The van der Waals surface area contributed by atoms with Gasteiger partial charge in [0.15, 0.2) is 0 Å². The molecule has 3 heterocycles. The number of hydrogen-bond acceptors (Lipinski definition) is 23. The first kappa shape index (κ1) is 72.5. The highest BCUT2D eigenvalue weighted by Gasteiger charge is 2.48. The fourth-order valence-electron chi connectivity index (χ4n) is 11.3. The second-order valence-corrected chi connectivity index (χ2v) is 29.1. The number of ether oxygens (including phenoxy) is 7. The minimum absolute atomic E-state index is 0.000286. The molecule has 0 radical (unpaired) electrons. The first-order chi connectivity index (χ1) is 42.7. The van der Waals surface area contributed by atoms with Gasteiger partial charge in [0.1, 0.15) is 9.79 Å². The van der Waals surface area contributed by atoms with Crippen molar-refractivity contribution in [2.75, 3.05) is 122 Å². The summed E-state index contributed by atoms with van der Waals surface area (Å²) in [7, 11) is -23.3. The van der Waals surface area contributed by atoms with Gasteiger partial charge in [-0.25, -0.2) is 4.79 Å². The molecular weight excluding hydrogens is 1300 g/mol. The van der Waals surface area contributed by atoms with E-state index in [1.54, 1.807) is 63.3 Å². The van der Waals surface area contributed by atoms with Crippen LogP contribution in [0.15, 0.2) is 104 Å². The molecule has 1 fully saturated rings. The number of imide groups is 1. The third-order valence-electron chi connectivity index (χ3n) is 15.3. The Hall–Kier alpha value is -5.90. The molecule has 29 nitrogen and oxygen atoms in total.